The van der Waals surface area contributed by atoms with E-state index in [2.05, 4.69) is 69.1 Å². The molecule has 0 unspecified atom stereocenters. The Morgan fingerprint density at radius 2 is 1.50 bits per heavy atom. The van der Waals surface area contributed by atoms with Gasteiger partial charge in [-0.05, 0) is 49.3 Å². The van der Waals surface area contributed by atoms with E-state index < -0.39 is 0 Å². The van der Waals surface area contributed by atoms with E-state index in [0.29, 0.717) is 5.41 Å². The van der Waals surface area contributed by atoms with Crippen molar-refractivity contribution in [1.29, 1.82) is 0 Å². The fourth-order valence-corrected chi connectivity index (χ4v) is 3.00. The second-order valence-electron chi connectivity index (χ2n) is 5.64. The fourth-order valence-electron chi connectivity index (χ4n) is 3.00. The molecular weight excluding hydrogens is 242 g/mol. The number of hydrogen-bond donors (Lipinski definition) is 0. The van der Waals surface area contributed by atoms with Gasteiger partial charge in [0.1, 0.15) is 0 Å². The maximum Gasteiger partial charge on any atom is 0.0704 e. The highest BCUT2D eigenvalue weighted by molar-refractivity contribution is 5.60. The Labute approximate surface area is 123 Å². The molecule has 1 aromatic carbocycles. The molecule has 0 aliphatic rings. The lowest BCUT2D eigenvalue weighted by Crippen LogP contribution is -2.23. The first-order valence-corrected chi connectivity index (χ1v) is 7.68. The molecule has 0 bridgehead atoms. The van der Waals surface area contributed by atoms with E-state index in [9.17, 15) is 0 Å². The van der Waals surface area contributed by atoms with Gasteiger partial charge in [0.25, 0.3) is 0 Å². The van der Waals surface area contributed by atoms with Gasteiger partial charge in [-0.2, -0.15) is 0 Å². The summed E-state index contributed by atoms with van der Waals surface area (Å²) in [5.41, 5.74) is 5.30. The van der Waals surface area contributed by atoms with E-state index in [1.807, 2.05) is 6.20 Å². The molecule has 1 heterocycles. The molecule has 2 rings (SSSR count). The number of aromatic nitrogens is 1. The maximum absolute atomic E-state index is 4.56. The number of rotatable bonds is 5. The second-order valence-corrected chi connectivity index (χ2v) is 5.64. The highest BCUT2D eigenvalue weighted by Crippen LogP contribution is 2.36. The summed E-state index contributed by atoms with van der Waals surface area (Å²) in [6.45, 7) is 8.99. The van der Waals surface area contributed by atoms with E-state index in [1.54, 1.807) is 0 Å². The molecule has 1 heteroatoms. The Hall–Kier alpha value is -1.63. The summed E-state index contributed by atoms with van der Waals surface area (Å²) in [6, 6.07) is 13.1. The van der Waals surface area contributed by atoms with Crippen molar-refractivity contribution in [2.24, 2.45) is 0 Å². The monoisotopic (exact) mass is 267 g/mol. The highest BCUT2D eigenvalue weighted by Gasteiger charge is 2.26. The molecule has 0 aliphatic heterocycles. The van der Waals surface area contributed by atoms with Crippen LogP contribution in [0.5, 0.6) is 0 Å². The van der Waals surface area contributed by atoms with Crippen LogP contribution in [0, 0.1) is 6.92 Å². The maximum atomic E-state index is 4.56. The van der Waals surface area contributed by atoms with Gasteiger partial charge in [0, 0.05) is 11.8 Å². The molecule has 0 N–H and O–H groups in total. The summed E-state index contributed by atoms with van der Waals surface area (Å²) < 4.78 is 0. The molecule has 0 aliphatic carbocycles. The summed E-state index contributed by atoms with van der Waals surface area (Å²) in [5.74, 6) is 0. The standard InChI is InChI=1S/C19H25N/c1-5-19(6-2,7-3)17-12-13-20-18(14-17)16-10-8-15(4)9-11-16/h8-14H,5-7H2,1-4H3. The van der Waals surface area contributed by atoms with E-state index in [-0.39, 0.29) is 0 Å². The van der Waals surface area contributed by atoms with Crippen molar-refractivity contribution in [3.05, 3.63) is 53.7 Å². The molecule has 0 atom stereocenters. The fraction of sp³-hybridized carbons (Fsp3) is 0.421. The number of benzene rings is 1. The van der Waals surface area contributed by atoms with Crippen LogP contribution in [0.25, 0.3) is 11.3 Å². The van der Waals surface area contributed by atoms with Gasteiger partial charge in [0.15, 0.2) is 0 Å². The third-order valence-corrected chi connectivity index (χ3v) is 4.75. The molecule has 0 saturated carbocycles. The smallest absolute Gasteiger partial charge is 0.0704 e. The van der Waals surface area contributed by atoms with Crippen LogP contribution in [0.3, 0.4) is 0 Å². The molecule has 1 aromatic heterocycles. The Bertz CT molecular complexity index is 542. The quantitative estimate of drug-likeness (QED) is 0.694. The SMILES string of the molecule is CCC(CC)(CC)c1ccnc(-c2ccc(C)cc2)c1. The minimum Gasteiger partial charge on any atom is -0.256 e. The van der Waals surface area contributed by atoms with Gasteiger partial charge < -0.3 is 0 Å². The van der Waals surface area contributed by atoms with Crippen molar-refractivity contribution in [2.75, 3.05) is 0 Å². The Kier molecular flexibility index (Phi) is 4.59. The van der Waals surface area contributed by atoms with E-state index in [1.165, 1.54) is 36.0 Å². The molecule has 106 valence electrons. The molecule has 0 amide bonds. The van der Waals surface area contributed by atoms with Crippen LogP contribution in [-0.2, 0) is 5.41 Å². The van der Waals surface area contributed by atoms with Crippen molar-refractivity contribution in [3.8, 4) is 11.3 Å². The zero-order chi connectivity index (χ0) is 14.6. The topological polar surface area (TPSA) is 12.9 Å². The van der Waals surface area contributed by atoms with Gasteiger partial charge >= 0.3 is 0 Å². The minimum absolute atomic E-state index is 0.294. The Balaban J connectivity index is 2.44. The van der Waals surface area contributed by atoms with Gasteiger partial charge in [0.05, 0.1) is 5.69 Å². The van der Waals surface area contributed by atoms with Crippen LogP contribution in [0.15, 0.2) is 42.6 Å². The lowest BCUT2D eigenvalue weighted by molar-refractivity contribution is 0.381. The van der Waals surface area contributed by atoms with Gasteiger partial charge in [0.2, 0.25) is 0 Å². The van der Waals surface area contributed by atoms with Crippen LogP contribution in [-0.4, -0.2) is 4.98 Å². The predicted octanol–water partition coefficient (Wildman–Crippen LogP) is 5.52. The van der Waals surface area contributed by atoms with E-state index >= 15 is 0 Å². The molecule has 1 nitrogen and oxygen atoms in total. The predicted molar refractivity (Wildman–Crippen MR) is 87.0 cm³/mol. The van der Waals surface area contributed by atoms with Crippen LogP contribution >= 0.6 is 0 Å². The van der Waals surface area contributed by atoms with Crippen LogP contribution < -0.4 is 0 Å². The zero-order valence-electron chi connectivity index (χ0n) is 13.1. The molecule has 0 fully saturated rings. The molecule has 0 saturated heterocycles. The Morgan fingerprint density at radius 3 is 2.05 bits per heavy atom. The lowest BCUT2D eigenvalue weighted by Gasteiger charge is -2.31. The molecule has 20 heavy (non-hydrogen) atoms. The normalized spacial score (nSPS) is 11.6. The van der Waals surface area contributed by atoms with E-state index in [0.717, 1.165) is 5.69 Å². The molecule has 2 aromatic rings. The van der Waals surface area contributed by atoms with Gasteiger partial charge in [-0.1, -0.05) is 50.6 Å². The van der Waals surface area contributed by atoms with Crippen LogP contribution in [0.1, 0.15) is 51.2 Å². The van der Waals surface area contributed by atoms with Crippen molar-refractivity contribution in [1.82, 2.24) is 4.98 Å². The van der Waals surface area contributed by atoms with Gasteiger partial charge in [-0.25, -0.2) is 0 Å². The summed E-state index contributed by atoms with van der Waals surface area (Å²) >= 11 is 0. The van der Waals surface area contributed by atoms with E-state index in [4.69, 9.17) is 0 Å². The zero-order valence-corrected chi connectivity index (χ0v) is 13.1. The first-order chi connectivity index (χ1) is 9.65. The summed E-state index contributed by atoms with van der Waals surface area (Å²) in [7, 11) is 0. The molecule has 0 radical (unpaired) electrons. The summed E-state index contributed by atoms with van der Waals surface area (Å²) in [4.78, 5) is 4.56. The average molecular weight is 267 g/mol. The van der Waals surface area contributed by atoms with Gasteiger partial charge in [-0.15, -0.1) is 0 Å². The number of pyridine rings is 1. The van der Waals surface area contributed by atoms with Crippen LogP contribution in [0.2, 0.25) is 0 Å². The second kappa shape index (κ2) is 6.21. The average Bonchev–Trinajstić information content (AvgIpc) is 2.51. The largest absolute Gasteiger partial charge is 0.256 e. The number of hydrogen-bond acceptors (Lipinski definition) is 1. The van der Waals surface area contributed by atoms with Crippen molar-refractivity contribution >= 4 is 0 Å². The van der Waals surface area contributed by atoms with Crippen molar-refractivity contribution < 1.29 is 0 Å². The Morgan fingerprint density at radius 1 is 0.900 bits per heavy atom. The first kappa shape index (κ1) is 14.8. The minimum atomic E-state index is 0.294. The van der Waals surface area contributed by atoms with Crippen molar-refractivity contribution in [2.45, 2.75) is 52.4 Å². The summed E-state index contributed by atoms with van der Waals surface area (Å²) in [5, 5.41) is 0. The molecule has 0 spiro atoms. The van der Waals surface area contributed by atoms with Crippen molar-refractivity contribution in [3.63, 3.8) is 0 Å². The summed E-state index contributed by atoms with van der Waals surface area (Å²) in [6.07, 6.45) is 5.49. The lowest BCUT2D eigenvalue weighted by atomic mass is 9.74. The van der Waals surface area contributed by atoms with Crippen LogP contribution in [0.4, 0.5) is 0 Å². The number of nitrogens with zero attached hydrogens (tertiary/aromatic N) is 1. The highest BCUT2D eigenvalue weighted by atomic mass is 14.7. The third-order valence-electron chi connectivity index (χ3n) is 4.75. The van der Waals surface area contributed by atoms with Gasteiger partial charge in [-0.3, -0.25) is 4.98 Å². The third kappa shape index (κ3) is 2.77. The molecular formula is C19H25N. The number of aryl methyl sites for hydroxylation is 1. The first-order valence-electron chi connectivity index (χ1n) is 7.68.